The molecule has 0 aliphatic rings. The Morgan fingerprint density at radius 1 is 1.21 bits per heavy atom. The first-order chi connectivity index (χ1) is 11.5. The number of aryl methyl sites for hydroxylation is 1. The molecule has 1 N–H and O–H groups in total. The molecule has 0 radical (unpaired) electrons. The Hall–Kier alpha value is -3.15. The minimum atomic E-state index is -0.464. The van der Waals surface area contributed by atoms with E-state index in [2.05, 4.69) is 5.32 Å². The summed E-state index contributed by atoms with van der Waals surface area (Å²) in [4.78, 5) is 22.7. The Morgan fingerprint density at radius 2 is 1.96 bits per heavy atom. The third-order valence-corrected chi connectivity index (χ3v) is 3.87. The molecule has 0 saturated heterocycles. The molecule has 6 heteroatoms. The Morgan fingerprint density at radius 3 is 2.62 bits per heavy atom. The van der Waals surface area contributed by atoms with Crippen molar-refractivity contribution >= 4 is 22.6 Å². The SMILES string of the molecule is Cc1cc(C(=O)NC(C)c2cc3ccccc3o2)ccc1[N+](=O)[O-]. The van der Waals surface area contributed by atoms with Crippen molar-refractivity contribution in [2.24, 2.45) is 0 Å². The molecule has 122 valence electrons. The molecule has 0 spiro atoms. The van der Waals surface area contributed by atoms with Crippen molar-refractivity contribution in [3.63, 3.8) is 0 Å². The summed E-state index contributed by atoms with van der Waals surface area (Å²) >= 11 is 0. The zero-order valence-corrected chi connectivity index (χ0v) is 13.3. The summed E-state index contributed by atoms with van der Waals surface area (Å²) in [5, 5.41) is 14.7. The quantitative estimate of drug-likeness (QED) is 0.577. The van der Waals surface area contributed by atoms with Crippen LogP contribution in [-0.4, -0.2) is 10.8 Å². The van der Waals surface area contributed by atoms with Crippen LogP contribution in [0.5, 0.6) is 0 Å². The predicted octanol–water partition coefficient (Wildman–Crippen LogP) is 4.14. The molecular formula is C18H16N2O4. The van der Waals surface area contributed by atoms with Crippen molar-refractivity contribution in [2.75, 3.05) is 0 Å². The monoisotopic (exact) mass is 324 g/mol. The molecule has 1 aromatic heterocycles. The lowest BCUT2D eigenvalue weighted by Gasteiger charge is -2.11. The van der Waals surface area contributed by atoms with E-state index in [1.807, 2.05) is 37.3 Å². The number of nitrogens with one attached hydrogen (secondary N) is 1. The van der Waals surface area contributed by atoms with E-state index in [9.17, 15) is 14.9 Å². The zero-order valence-electron chi connectivity index (χ0n) is 13.3. The van der Waals surface area contributed by atoms with E-state index < -0.39 is 4.92 Å². The summed E-state index contributed by atoms with van der Waals surface area (Å²) in [6.07, 6.45) is 0. The van der Waals surface area contributed by atoms with Crippen LogP contribution in [0.15, 0.2) is 52.9 Å². The molecule has 1 heterocycles. The van der Waals surface area contributed by atoms with Gasteiger partial charge in [-0.05, 0) is 38.1 Å². The summed E-state index contributed by atoms with van der Waals surface area (Å²) in [5.41, 5.74) is 1.58. The first kappa shape index (κ1) is 15.7. The predicted molar refractivity (Wildman–Crippen MR) is 89.9 cm³/mol. The molecule has 1 amide bonds. The maximum atomic E-state index is 12.4. The Labute approximate surface area is 138 Å². The van der Waals surface area contributed by atoms with Gasteiger partial charge in [-0.2, -0.15) is 0 Å². The number of nitrogens with zero attached hydrogens (tertiary/aromatic N) is 1. The van der Waals surface area contributed by atoms with E-state index in [-0.39, 0.29) is 17.6 Å². The van der Waals surface area contributed by atoms with Gasteiger partial charge in [-0.25, -0.2) is 0 Å². The van der Waals surface area contributed by atoms with Crippen LogP contribution in [0.2, 0.25) is 0 Å². The van der Waals surface area contributed by atoms with Gasteiger partial charge in [0.15, 0.2) is 0 Å². The van der Waals surface area contributed by atoms with Gasteiger partial charge >= 0.3 is 0 Å². The van der Waals surface area contributed by atoms with Crippen molar-refractivity contribution in [3.8, 4) is 0 Å². The highest BCUT2D eigenvalue weighted by molar-refractivity contribution is 5.95. The molecular weight excluding hydrogens is 308 g/mol. The Bertz CT molecular complexity index is 897. The van der Waals surface area contributed by atoms with E-state index in [1.54, 1.807) is 6.92 Å². The fourth-order valence-corrected chi connectivity index (χ4v) is 2.57. The van der Waals surface area contributed by atoms with E-state index in [0.717, 1.165) is 11.0 Å². The normalized spacial score (nSPS) is 12.1. The fourth-order valence-electron chi connectivity index (χ4n) is 2.57. The first-order valence-corrected chi connectivity index (χ1v) is 7.50. The highest BCUT2D eigenvalue weighted by atomic mass is 16.6. The summed E-state index contributed by atoms with van der Waals surface area (Å²) in [5.74, 6) is 0.351. The minimum Gasteiger partial charge on any atom is -0.459 e. The van der Waals surface area contributed by atoms with Crippen molar-refractivity contribution in [1.29, 1.82) is 0 Å². The largest absolute Gasteiger partial charge is 0.459 e. The summed E-state index contributed by atoms with van der Waals surface area (Å²) in [7, 11) is 0. The van der Waals surface area contributed by atoms with Crippen LogP contribution in [-0.2, 0) is 0 Å². The van der Waals surface area contributed by atoms with Gasteiger partial charge in [0.25, 0.3) is 11.6 Å². The number of carbonyl (C=O) groups is 1. The molecule has 0 aliphatic heterocycles. The third kappa shape index (κ3) is 2.99. The smallest absolute Gasteiger partial charge is 0.272 e. The summed E-state index contributed by atoms with van der Waals surface area (Å²) in [6.45, 7) is 3.44. The number of nitro groups is 1. The van der Waals surface area contributed by atoms with Crippen molar-refractivity contribution in [1.82, 2.24) is 5.32 Å². The second kappa shape index (κ2) is 6.16. The zero-order chi connectivity index (χ0) is 17.3. The molecule has 3 rings (SSSR count). The van der Waals surface area contributed by atoms with Gasteiger partial charge in [0.2, 0.25) is 0 Å². The van der Waals surface area contributed by atoms with Gasteiger partial charge in [0.05, 0.1) is 11.0 Å². The van der Waals surface area contributed by atoms with Gasteiger partial charge in [-0.3, -0.25) is 14.9 Å². The van der Waals surface area contributed by atoms with Crippen LogP contribution in [0.3, 0.4) is 0 Å². The number of para-hydroxylation sites is 1. The molecule has 24 heavy (non-hydrogen) atoms. The number of benzene rings is 2. The summed E-state index contributed by atoms with van der Waals surface area (Å²) < 4.78 is 5.74. The average Bonchev–Trinajstić information content (AvgIpc) is 2.98. The maximum Gasteiger partial charge on any atom is 0.272 e. The van der Waals surface area contributed by atoms with Crippen molar-refractivity contribution < 1.29 is 14.1 Å². The van der Waals surface area contributed by atoms with Gasteiger partial charge < -0.3 is 9.73 Å². The highest BCUT2D eigenvalue weighted by Gasteiger charge is 2.17. The maximum absolute atomic E-state index is 12.4. The topological polar surface area (TPSA) is 85.4 Å². The number of hydrogen-bond donors (Lipinski definition) is 1. The van der Waals surface area contributed by atoms with E-state index in [4.69, 9.17) is 4.42 Å². The van der Waals surface area contributed by atoms with Crippen molar-refractivity contribution in [3.05, 3.63) is 75.5 Å². The fraction of sp³-hybridized carbons (Fsp3) is 0.167. The van der Waals surface area contributed by atoms with Crippen LogP contribution in [0, 0.1) is 17.0 Å². The summed E-state index contributed by atoms with van der Waals surface area (Å²) in [6, 6.07) is 13.5. The van der Waals surface area contributed by atoms with Crippen LogP contribution in [0.1, 0.15) is 34.6 Å². The number of fused-ring (bicyclic) bond motifs is 1. The lowest BCUT2D eigenvalue weighted by molar-refractivity contribution is -0.385. The highest BCUT2D eigenvalue weighted by Crippen LogP contribution is 2.24. The van der Waals surface area contributed by atoms with Gasteiger partial charge in [-0.1, -0.05) is 18.2 Å². The third-order valence-electron chi connectivity index (χ3n) is 3.87. The molecule has 2 aromatic carbocycles. The lowest BCUT2D eigenvalue weighted by atomic mass is 10.1. The number of carbonyl (C=O) groups excluding carboxylic acids is 1. The second-order valence-electron chi connectivity index (χ2n) is 5.64. The van der Waals surface area contributed by atoms with Crippen LogP contribution >= 0.6 is 0 Å². The average molecular weight is 324 g/mol. The van der Waals surface area contributed by atoms with E-state index in [1.165, 1.54) is 18.2 Å². The Kier molecular flexibility index (Phi) is 4.04. The Balaban J connectivity index is 1.78. The van der Waals surface area contributed by atoms with E-state index >= 15 is 0 Å². The number of rotatable bonds is 4. The lowest BCUT2D eigenvalue weighted by Crippen LogP contribution is -2.26. The van der Waals surface area contributed by atoms with Gasteiger partial charge in [0.1, 0.15) is 11.3 Å². The van der Waals surface area contributed by atoms with Crippen LogP contribution in [0.4, 0.5) is 5.69 Å². The second-order valence-corrected chi connectivity index (χ2v) is 5.64. The van der Waals surface area contributed by atoms with Gasteiger partial charge in [0, 0.05) is 22.6 Å². The number of furan rings is 1. The first-order valence-electron chi connectivity index (χ1n) is 7.50. The standard InChI is InChI=1S/C18H16N2O4/c1-11-9-14(7-8-15(11)20(22)23)18(21)19-12(2)17-10-13-5-3-4-6-16(13)24-17/h3-10,12H,1-2H3,(H,19,21). The molecule has 0 aliphatic carbocycles. The van der Waals surface area contributed by atoms with Gasteiger partial charge in [-0.15, -0.1) is 0 Å². The number of nitro benzene ring substituents is 1. The molecule has 1 atom stereocenters. The molecule has 0 fully saturated rings. The number of hydrogen-bond acceptors (Lipinski definition) is 4. The van der Waals surface area contributed by atoms with E-state index in [0.29, 0.717) is 16.9 Å². The number of amides is 1. The minimum absolute atomic E-state index is 0.00289. The van der Waals surface area contributed by atoms with Crippen LogP contribution in [0.25, 0.3) is 11.0 Å². The van der Waals surface area contributed by atoms with Crippen molar-refractivity contribution in [2.45, 2.75) is 19.9 Å². The molecule has 6 nitrogen and oxygen atoms in total. The van der Waals surface area contributed by atoms with Crippen LogP contribution < -0.4 is 5.32 Å². The molecule has 0 bridgehead atoms. The molecule has 1 unspecified atom stereocenters. The molecule has 3 aromatic rings. The molecule has 0 saturated carbocycles.